The Kier molecular flexibility index (Phi) is 5.79. The Bertz CT molecular complexity index is 395. The zero-order valence-corrected chi connectivity index (χ0v) is 13.8. The number of nitrogens with one attached hydrogen (secondary N) is 1. The van der Waals surface area contributed by atoms with Gasteiger partial charge in [0.2, 0.25) is 5.91 Å². The Labute approximate surface area is 127 Å². The van der Waals surface area contributed by atoms with Crippen molar-refractivity contribution in [3.8, 4) is 0 Å². The predicted octanol–water partition coefficient (Wildman–Crippen LogP) is 2.00. The van der Waals surface area contributed by atoms with Gasteiger partial charge in [-0.05, 0) is 30.1 Å². The number of carboxylic acid groups (broad SMARTS) is 1. The Hall–Kier alpha value is -1.10. The van der Waals surface area contributed by atoms with Crippen LogP contribution in [0.2, 0.25) is 0 Å². The van der Waals surface area contributed by atoms with E-state index in [4.69, 9.17) is 5.73 Å². The molecule has 0 spiro atoms. The zero-order chi connectivity index (χ0) is 16.4. The van der Waals surface area contributed by atoms with Crippen LogP contribution in [0.1, 0.15) is 53.9 Å². The highest BCUT2D eigenvalue weighted by Gasteiger charge is 2.46. The lowest BCUT2D eigenvalue weighted by Gasteiger charge is -2.46. The van der Waals surface area contributed by atoms with Crippen molar-refractivity contribution in [2.24, 2.45) is 28.9 Å². The number of hydrogen-bond acceptors (Lipinski definition) is 3. The molecule has 0 bridgehead atoms. The van der Waals surface area contributed by atoms with Crippen molar-refractivity contribution in [3.63, 3.8) is 0 Å². The van der Waals surface area contributed by atoms with Gasteiger partial charge in [-0.3, -0.25) is 9.59 Å². The molecule has 1 amide bonds. The summed E-state index contributed by atoms with van der Waals surface area (Å²) < 4.78 is 0. The van der Waals surface area contributed by atoms with Crippen LogP contribution < -0.4 is 11.1 Å². The van der Waals surface area contributed by atoms with E-state index >= 15 is 0 Å². The third-order valence-electron chi connectivity index (χ3n) is 5.63. The normalized spacial score (nSPS) is 31.2. The molecule has 0 saturated heterocycles. The molecule has 1 aliphatic carbocycles. The molecule has 0 aromatic heterocycles. The van der Waals surface area contributed by atoms with Gasteiger partial charge in [0, 0.05) is 6.04 Å². The quantitative estimate of drug-likeness (QED) is 0.724. The molecule has 0 aromatic rings. The molecule has 122 valence electrons. The second-order valence-corrected chi connectivity index (χ2v) is 7.10. The first-order chi connectivity index (χ1) is 9.62. The Balaban J connectivity index is 2.74. The van der Waals surface area contributed by atoms with Crippen LogP contribution in [0.4, 0.5) is 0 Å². The first-order valence-electron chi connectivity index (χ1n) is 7.91. The summed E-state index contributed by atoms with van der Waals surface area (Å²) in [6.45, 7) is 9.96. The van der Waals surface area contributed by atoms with Crippen LogP contribution >= 0.6 is 0 Å². The lowest BCUT2D eigenvalue weighted by Crippen LogP contribution is -2.56. The largest absolute Gasteiger partial charge is 0.481 e. The van der Waals surface area contributed by atoms with E-state index in [0.29, 0.717) is 12.8 Å². The molecule has 1 aliphatic rings. The second-order valence-electron chi connectivity index (χ2n) is 7.10. The number of nitrogens with two attached hydrogens (primary N) is 1. The van der Waals surface area contributed by atoms with Gasteiger partial charge in [-0.15, -0.1) is 0 Å². The first kappa shape index (κ1) is 18.0. The van der Waals surface area contributed by atoms with Crippen molar-refractivity contribution >= 4 is 11.9 Å². The molecule has 1 saturated carbocycles. The molecule has 0 heterocycles. The number of carbonyl (C=O) groups is 2. The van der Waals surface area contributed by atoms with Crippen molar-refractivity contribution < 1.29 is 14.7 Å². The summed E-state index contributed by atoms with van der Waals surface area (Å²) in [7, 11) is 0. The minimum atomic E-state index is -0.743. The first-order valence-corrected chi connectivity index (χ1v) is 7.91. The number of amides is 1. The van der Waals surface area contributed by atoms with E-state index in [1.165, 1.54) is 0 Å². The number of rotatable bonds is 5. The molecular formula is C16H30N2O3. The zero-order valence-electron chi connectivity index (χ0n) is 13.8. The fraction of sp³-hybridized carbons (Fsp3) is 0.875. The maximum Gasteiger partial charge on any atom is 0.307 e. The average molecular weight is 298 g/mol. The van der Waals surface area contributed by atoms with E-state index in [-0.39, 0.29) is 35.1 Å². The Morgan fingerprint density at radius 3 is 2.43 bits per heavy atom. The van der Waals surface area contributed by atoms with Gasteiger partial charge < -0.3 is 16.2 Å². The van der Waals surface area contributed by atoms with Gasteiger partial charge in [0.15, 0.2) is 0 Å². The highest BCUT2D eigenvalue weighted by Crippen LogP contribution is 2.45. The van der Waals surface area contributed by atoms with Crippen molar-refractivity contribution in [2.75, 3.05) is 0 Å². The number of carboxylic acids is 1. The van der Waals surface area contributed by atoms with E-state index < -0.39 is 12.0 Å². The van der Waals surface area contributed by atoms with Crippen molar-refractivity contribution in [3.05, 3.63) is 0 Å². The molecule has 1 fully saturated rings. The monoisotopic (exact) mass is 298 g/mol. The van der Waals surface area contributed by atoms with Crippen LogP contribution in [0.3, 0.4) is 0 Å². The molecular weight excluding hydrogens is 268 g/mol. The van der Waals surface area contributed by atoms with Crippen LogP contribution in [-0.4, -0.2) is 29.1 Å². The summed E-state index contributed by atoms with van der Waals surface area (Å²) in [6.07, 6.45) is 2.15. The maximum atomic E-state index is 12.2. The minimum Gasteiger partial charge on any atom is -0.481 e. The van der Waals surface area contributed by atoms with Crippen LogP contribution in [0.15, 0.2) is 0 Å². The smallest absolute Gasteiger partial charge is 0.307 e. The SMILES string of the molecule is CC[C@H](C)[C@H](N)C(=O)NC1CCC(C(=O)O)C(C)(C)C1C. The van der Waals surface area contributed by atoms with Gasteiger partial charge in [-0.25, -0.2) is 0 Å². The van der Waals surface area contributed by atoms with Gasteiger partial charge in [0.25, 0.3) is 0 Å². The molecule has 5 atom stereocenters. The number of hydrogen-bond donors (Lipinski definition) is 3. The van der Waals surface area contributed by atoms with Gasteiger partial charge in [0.05, 0.1) is 12.0 Å². The fourth-order valence-electron chi connectivity index (χ4n) is 3.23. The van der Waals surface area contributed by atoms with Crippen LogP contribution in [-0.2, 0) is 9.59 Å². The van der Waals surface area contributed by atoms with Gasteiger partial charge in [0.1, 0.15) is 0 Å². The molecule has 0 aliphatic heterocycles. The number of aliphatic carboxylic acids is 1. The van der Waals surface area contributed by atoms with Crippen LogP contribution in [0.5, 0.6) is 0 Å². The van der Waals surface area contributed by atoms with E-state index in [1.54, 1.807) is 0 Å². The molecule has 0 aromatic carbocycles. The molecule has 5 heteroatoms. The van der Waals surface area contributed by atoms with E-state index in [2.05, 4.69) is 5.32 Å². The summed E-state index contributed by atoms with van der Waals surface area (Å²) in [5, 5.41) is 12.4. The van der Waals surface area contributed by atoms with Crippen molar-refractivity contribution in [1.29, 1.82) is 0 Å². The van der Waals surface area contributed by atoms with E-state index in [9.17, 15) is 14.7 Å². The molecule has 1 rings (SSSR count). The molecule has 21 heavy (non-hydrogen) atoms. The summed E-state index contributed by atoms with van der Waals surface area (Å²) in [6, 6.07) is -0.499. The lowest BCUT2D eigenvalue weighted by atomic mass is 9.61. The average Bonchev–Trinajstić information content (AvgIpc) is 2.41. The lowest BCUT2D eigenvalue weighted by molar-refractivity contribution is -0.150. The Morgan fingerprint density at radius 1 is 1.38 bits per heavy atom. The summed E-state index contributed by atoms with van der Waals surface area (Å²) >= 11 is 0. The summed E-state index contributed by atoms with van der Waals surface area (Å²) in [4.78, 5) is 23.6. The molecule has 4 N–H and O–H groups in total. The summed E-state index contributed by atoms with van der Waals surface area (Å²) in [5.41, 5.74) is 5.63. The summed E-state index contributed by atoms with van der Waals surface area (Å²) in [5.74, 6) is -0.980. The number of carbonyl (C=O) groups excluding carboxylic acids is 1. The minimum absolute atomic E-state index is 0.00166. The predicted molar refractivity (Wildman–Crippen MR) is 82.7 cm³/mol. The van der Waals surface area contributed by atoms with Crippen molar-refractivity contribution in [2.45, 2.75) is 66.0 Å². The highest BCUT2D eigenvalue weighted by atomic mass is 16.4. The van der Waals surface area contributed by atoms with Crippen LogP contribution in [0, 0.1) is 23.2 Å². The highest BCUT2D eigenvalue weighted by molar-refractivity contribution is 5.82. The standard InChI is InChI=1S/C16H30N2O3/c1-6-9(2)13(17)14(19)18-12-8-7-11(15(20)21)16(4,5)10(12)3/h9-13H,6-8,17H2,1-5H3,(H,18,19)(H,20,21)/t9-,10?,11?,12?,13-/m0/s1. The van der Waals surface area contributed by atoms with Gasteiger partial charge >= 0.3 is 5.97 Å². The van der Waals surface area contributed by atoms with Crippen molar-refractivity contribution in [1.82, 2.24) is 5.32 Å². The molecule has 3 unspecified atom stereocenters. The maximum absolute atomic E-state index is 12.2. The van der Waals surface area contributed by atoms with E-state index in [0.717, 1.165) is 6.42 Å². The van der Waals surface area contributed by atoms with Crippen LogP contribution in [0.25, 0.3) is 0 Å². The third-order valence-corrected chi connectivity index (χ3v) is 5.63. The molecule has 0 radical (unpaired) electrons. The topological polar surface area (TPSA) is 92.4 Å². The fourth-order valence-corrected chi connectivity index (χ4v) is 3.23. The third kappa shape index (κ3) is 3.76. The molecule has 5 nitrogen and oxygen atoms in total. The second kappa shape index (κ2) is 6.77. The van der Waals surface area contributed by atoms with E-state index in [1.807, 2.05) is 34.6 Å². The van der Waals surface area contributed by atoms with Gasteiger partial charge in [-0.1, -0.05) is 41.0 Å². The Morgan fingerprint density at radius 2 is 1.95 bits per heavy atom. The van der Waals surface area contributed by atoms with Gasteiger partial charge in [-0.2, -0.15) is 0 Å².